The Labute approximate surface area is 175 Å². The van der Waals surface area contributed by atoms with E-state index >= 15 is 0 Å². The van der Waals surface area contributed by atoms with Crippen LogP contribution in [-0.2, 0) is 5.54 Å². The van der Waals surface area contributed by atoms with Crippen molar-refractivity contribution in [1.29, 1.82) is 0 Å². The van der Waals surface area contributed by atoms with Gasteiger partial charge in [-0.05, 0) is 74.8 Å². The molecule has 0 atom stereocenters. The van der Waals surface area contributed by atoms with E-state index in [1.807, 2.05) is 12.1 Å². The first-order valence-corrected chi connectivity index (χ1v) is 10.1. The molecule has 0 aliphatic carbocycles. The van der Waals surface area contributed by atoms with Gasteiger partial charge in [0, 0.05) is 32.3 Å². The van der Waals surface area contributed by atoms with E-state index in [2.05, 4.69) is 87.6 Å². The fourth-order valence-electron chi connectivity index (χ4n) is 3.35. The van der Waals surface area contributed by atoms with E-state index in [1.54, 1.807) is 12.3 Å². The molecule has 0 saturated carbocycles. The molecule has 0 fully saturated rings. The number of aryl methyl sites for hydroxylation is 1. The second kappa shape index (κ2) is 7.28. The Bertz CT molecular complexity index is 1060. The zero-order valence-corrected chi connectivity index (χ0v) is 19.0. The molecule has 1 amide bonds. The van der Waals surface area contributed by atoms with Gasteiger partial charge in [-0.2, -0.15) is 5.10 Å². The van der Waals surface area contributed by atoms with Crippen molar-refractivity contribution in [3.63, 3.8) is 0 Å². The minimum Gasteiger partial charge on any atom is -0.450 e. The number of carbonyl (C=O) groups excluding carboxylic acids is 1. The van der Waals surface area contributed by atoms with Crippen LogP contribution < -0.4 is 5.43 Å². The number of amides is 1. The van der Waals surface area contributed by atoms with Gasteiger partial charge in [-0.3, -0.25) is 4.79 Å². The molecule has 2 aromatic heterocycles. The number of hydrazone groups is 1. The number of aromatic nitrogens is 1. The van der Waals surface area contributed by atoms with E-state index in [-0.39, 0.29) is 11.3 Å². The van der Waals surface area contributed by atoms with Crippen molar-refractivity contribution < 1.29 is 9.21 Å². The number of fused-ring (bicyclic) bond motifs is 1. The van der Waals surface area contributed by atoms with Gasteiger partial charge in [0.15, 0.2) is 5.76 Å². The number of hydrogen-bond acceptors (Lipinski definition) is 3. The Morgan fingerprint density at radius 2 is 1.89 bits per heavy atom. The Morgan fingerprint density at radius 1 is 1.19 bits per heavy atom. The molecule has 27 heavy (non-hydrogen) atoms. The zero-order chi connectivity index (χ0) is 19.9. The highest BCUT2D eigenvalue weighted by atomic mass is 79.9. The van der Waals surface area contributed by atoms with Gasteiger partial charge in [0.05, 0.1) is 10.7 Å². The molecule has 3 rings (SSSR count). The van der Waals surface area contributed by atoms with E-state index in [0.29, 0.717) is 5.58 Å². The number of furan rings is 1. The van der Waals surface area contributed by atoms with Crippen LogP contribution >= 0.6 is 31.9 Å². The fourth-order valence-corrected chi connectivity index (χ4v) is 4.69. The van der Waals surface area contributed by atoms with Crippen LogP contribution in [0.5, 0.6) is 0 Å². The summed E-state index contributed by atoms with van der Waals surface area (Å²) in [5, 5.41) is 4.94. The summed E-state index contributed by atoms with van der Waals surface area (Å²) in [6.45, 7) is 10.6. The first-order valence-electron chi connectivity index (χ1n) is 8.49. The van der Waals surface area contributed by atoms with Crippen molar-refractivity contribution >= 4 is 55.0 Å². The number of halogens is 2. The van der Waals surface area contributed by atoms with Crippen LogP contribution in [0.4, 0.5) is 0 Å². The summed E-state index contributed by atoms with van der Waals surface area (Å²) in [4.78, 5) is 12.4. The van der Waals surface area contributed by atoms with E-state index in [4.69, 9.17) is 4.42 Å². The van der Waals surface area contributed by atoms with Gasteiger partial charge >= 0.3 is 5.91 Å². The summed E-state index contributed by atoms with van der Waals surface area (Å²) in [6, 6.07) is 7.52. The maximum Gasteiger partial charge on any atom is 0.307 e. The lowest BCUT2D eigenvalue weighted by molar-refractivity contribution is 0.0929. The number of rotatable bonds is 3. The predicted octanol–water partition coefficient (Wildman–Crippen LogP) is 5.90. The van der Waals surface area contributed by atoms with Crippen LogP contribution in [0.25, 0.3) is 11.0 Å². The summed E-state index contributed by atoms with van der Waals surface area (Å²) in [7, 11) is 0. The molecule has 0 unspecified atom stereocenters. The monoisotopic (exact) mass is 493 g/mol. The molecule has 0 spiro atoms. The van der Waals surface area contributed by atoms with Crippen LogP contribution in [0, 0.1) is 13.8 Å². The number of hydrogen-bond donors (Lipinski definition) is 1. The van der Waals surface area contributed by atoms with Crippen molar-refractivity contribution in [2.45, 2.75) is 40.2 Å². The molecule has 7 heteroatoms. The molecule has 1 N–H and O–H groups in total. The number of nitrogens with zero attached hydrogens (tertiary/aromatic N) is 2. The van der Waals surface area contributed by atoms with E-state index in [9.17, 15) is 4.79 Å². The van der Waals surface area contributed by atoms with E-state index in [1.165, 1.54) is 0 Å². The maximum atomic E-state index is 12.4. The topological polar surface area (TPSA) is 59.5 Å². The van der Waals surface area contributed by atoms with Crippen molar-refractivity contribution in [3.8, 4) is 0 Å². The third-order valence-corrected chi connectivity index (χ3v) is 5.32. The molecular formula is C20H21Br2N3O2. The van der Waals surface area contributed by atoms with Crippen LogP contribution in [0.3, 0.4) is 0 Å². The Morgan fingerprint density at radius 3 is 2.52 bits per heavy atom. The van der Waals surface area contributed by atoms with Crippen molar-refractivity contribution in [2.24, 2.45) is 5.10 Å². The van der Waals surface area contributed by atoms with Crippen LogP contribution in [0.2, 0.25) is 0 Å². The van der Waals surface area contributed by atoms with Gasteiger partial charge in [0.1, 0.15) is 5.58 Å². The summed E-state index contributed by atoms with van der Waals surface area (Å²) in [6.07, 6.45) is 1.66. The summed E-state index contributed by atoms with van der Waals surface area (Å²) < 4.78 is 9.59. The second-order valence-corrected chi connectivity index (χ2v) is 9.22. The molecule has 0 aliphatic rings. The molecule has 0 bridgehead atoms. The molecule has 3 aromatic rings. The Balaban J connectivity index is 1.79. The molecular weight excluding hydrogens is 474 g/mol. The fraction of sp³-hybridized carbons (Fsp3) is 0.300. The highest BCUT2D eigenvalue weighted by Crippen LogP contribution is 2.31. The second-order valence-electron chi connectivity index (χ2n) is 7.45. The molecule has 0 saturated heterocycles. The SMILES string of the molecule is Cc1cc(/C=N\NC(=O)c2cc3cc(Br)cc(Br)c3o2)c(C)n1C(C)(C)C. The summed E-state index contributed by atoms with van der Waals surface area (Å²) in [5.41, 5.74) is 6.38. The molecule has 0 aliphatic heterocycles. The lowest BCUT2D eigenvalue weighted by Crippen LogP contribution is -2.24. The Hall–Kier alpha value is -1.86. The van der Waals surface area contributed by atoms with Crippen LogP contribution in [0.15, 0.2) is 42.7 Å². The minimum absolute atomic E-state index is 0.0144. The van der Waals surface area contributed by atoms with Gasteiger partial charge in [-0.25, -0.2) is 5.43 Å². The van der Waals surface area contributed by atoms with Gasteiger partial charge < -0.3 is 8.98 Å². The molecule has 1 aromatic carbocycles. The highest BCUT2D eigenvalue weighted by Gasteiger charge is 2.19. The Kier molecular flexibility index (Phi) is 5.36. The minimum atomic E-state index is -0.393. The summed E-state index contributed by atoms with van der Waals surface area (Å²) in [5.74, 6) is -0.184. The van der Waals surface area contributed by atoms with E-state index in [0.717, 1.165) is 31.3 Å². The first-order chi connectivity index (χ1) is 12.6. The van der Waals surface area contributed by atoms with Crippen LogP contribution in [-0.4, -0.2) is 16.7 Å². The highest BCUT2D eigenvalue weighted by molar-refractivity contribution is 9.11. The van der Waals surface area contributed by atoms with Gasteiger partial charge in [0.2, 0.25) is 0 Å². The van der Waals surface area contributed by atoms with Crippen molar-refractivity contribution in [2.75, 3.05) is 0 Å². The normalized spacial score (nSPS) is 12.3. The van der Waals surface area contributed by atoms with E-state index < -0.39 is 5.91 Å². The average molecular weight is 495 g/mol. The molecule has 5 nitrogen and oxygen atoms in total. The number of benzene rings is 1. The van der Waals surface area contributed by atoms with Gasteiger partial charge in [-0.1, -0.05) is 15.9 Å². The zero-order valence-electron chi connectivity index (χ0n) is 15.9. The number of carbonyl (C=O) groups is 1. The quantitative estimate of drug-likeness (QED) is 0.364. The predicted molar refractivity (Wildman–Crippen MR) is 116 cm³/mol. The smallest absolute Gasteiger partial charge is 0.307 e. The van der Waals surface area contributed by atoms with Crippen LogP contribution in [0.1, 0.15) is 48.3 Å². The molecule has 0 radical (unpaired) electrons. The van der Waals surface area contributed by atoms with Crippen molar-refractivity contribution in [1.82, 2.24) is 9.99 Å². The first kappa shape index (κ1) is 19.9. The number of nitrogens with one attached hydrogen (secondary N) is 1. The van der Waals surface area contributed by atoms with Gasteiger partial charge in [0.25, 0.3) is 0 Å². The molecule has 2 heterocycles. The summed E-state index contributed by atoms with van der Waals surface area (Å²) >= 11 is 6.87. The maximum absolute atomic E-state index is 12.4. The molecule has 142 valence electrons. The lowest BCUT2D eigenvalue weighted by Gasteiger charge is -2.25. The van der Waals surface area contributed by atoms with Crippen molar-refractivity contribution in [3.05, 3.63) is 55.9 Å². The lowest BCUT2D eigenvalue weighted by atomic mass is 10.1. The third-order valence-electron chi connectivity index (χ3n) is 4.27. The standard InChI is InChI=1S/C20H21Br2N3O2/c1-11-6-14(12(2)25(11)20(3,4)5)10-23-24-19(26)17-8-13-7-15(21)9-16(22)18(13)27-17/h6-10H,1-5H3,(H,24,26)/b23-10-. The average Bonchev–Trinajstić information content (AvgIpc) is 3.08. The largest absolute Gasteiger partial charge is 0.450 e. The third kappa shape index (κ3) is 4.04. The van der Waals surface area contributed by atoms with Gasteiger partial charge in [-0.15, -0.1) is 0 Å².